The summed E-state index contributed by atoms with van der Waals surface area (Å²) in [6, 6.07) is 13.8. The van der Waals surface area contributed by atoms with Gasteiger partial charge in [-0.3, -0.25) is 9.36 Å². The maximum Gasteiger partial charge on any atom is 0.351 e. The van der Waals surface area contributed by atoms with Gasteiger partial charge in [0.25, 0.3) is 5.91 Å². The number of rotatable bonds is 5. The number of aryl methyl sites for hydroxylation is 1. The molecule has 3 heterocycles. The van der Waals surface area contributed by atoms with E-state index in [1.54, 1.807) is 10.6 Å². The van der Waals surface area contributed by atoms with Crippen LogP contribution in [0.15, 0.2) is 59.5 Å². The zero-order valence-corrected chi connectivity index (χ0v) is 16.9. The lowest BCUT2D eigenvalue weighted by molar-refractivity contribution is 0.1000. The third-order valence-corrected chi connectivity index (χ3v) is 5.97. The predicted octanol–water partition coefficient (Wildman–Crippen LogP) is 3.06. The van der Waals surface area contributed by atoms with Crippen molar-refractivity contribution in [3.8, 4) is 16.5 Å². The molecule has 2 aromatic heterocycles. The molecule has 1 atom stereocenters. The second-order valence-electron chi connectivity index (χ2n) is 7.01. The normalized spacial score (nSPS) is 15.1. The minimum Gasteiger partial charge on any atom is -0.442 e. The molecule has 0 saturated carbocycles. The number of thiazole rings is 1. The van der Waals surface area contributed by atoms with Crippen molar-refractivity contribution in [3.63, 3.8) is 0 Å². The maximum absolute atomic E-state index is 14.7. The van der Waals surface area contributed by atoms with Gasteiger partial charge in [0.05, 0.1) is 17.9 Å². The van der Waals surface area contributed by atoms with Crippen molar-refractivity contribution in [2.75, 3.05) is 0 Å². The van der Waals surface area contributed by atoms with Gasteiger partial charge in [0.15, 0.2) is 16.6 Å². The summed E-state index contributed by atoms with van der Waals surface area (Å²) in [6.07, 6.45) is 2.76. The second-order valence-corrected chi connectivity index (χ2v) is 8.00. The number of fused-ring (bicyclic) bond motifs is 1. The molecular weight excluding hydrogens is 421 g/mol. The van der Waals surface area contributed by atoms with Gasteiger partial charge < -0.3 is 10.5 Å². The summed E-state index contributed by atoms with van der Waals surface area (Å²) in [4.78, 5) is 28.0. The fourth-order valence-corrected chi connectivity index (χ4v) is 4.32. The second kappa shape index (κ2) is 7.47. The number of hydrogen-bond donors (Lipinski definition) is 1. The number of ether oxygens (including phenoxy) is 1. The van der Waals surface area contributed by atoms with E-state index in [4.69, 9.17) is 10.5 Å². The first-order valence-corrected chi connectivity index (χ1v) is 10.3. The molecule has 4 aromatic rings. The highest BCUT2D eigenvalue weighted by atomic mass is 32.1. The molecular formula is C21H16FN5O3S. The molecule has 1 aliphatic rings. The Morgan fingerprint density at radius 3 is 2.74 bits per heavy atom. The zero-order valence-electron chi connectivity index (χ0n) is 16.1. The largest absolute Gasteiger partial charge is 0.442 e. The van der Waals surface area contributed by atoms with Gasteiger partial charge in [0.2, 0.25) is 5.06 Å². The summed E-state index contributed by atoms with van der Waals surface area (Å²) in [5.41, 5.74) is 6.18. The molecule has 0 saturated heterocycles. The molecule has 1 amide bonds. The Hall–Kier alpha value is -3.79. The molecule has 0 fully saturated rings. The van der Waals surface area contributed by atoms with Crippen LogP contribution in [0.4, 0.5) is 4.39 Å². The third-order valence-electron chi connectivity index (χ3n) is 5.08. The number of halogens is 1. The van der Waals surface area contributed by atoms with Crippen LogP contribution in [0.25, 0.3) is 5.69 Å². The Kier molecular flexibility index (Phi) is 4.63. The molecule has 5 rings (SSSR count). The van der Waals surface area contributed by atoms with Crippen LogP contribution in [0.2, 0.25) is 0 Å². The van der Waals surface area contributed by atoms with Crippen LogP contribution < -0.4 is 16.2 Å². The Labute approximate surface area is 179 Å². The maximum atomic E-state index is 14.7. The van der Waals surface area contributed by atoms with E-state index in [0.29, 0.717) is 17.9 Å². The first-order valence-electron chi connectivity index (χ1n) is 9.50. The highest BCUT2D eigenvalue weighted by molar-refractivity contribution is 7.15. The van der Waals surface area contributed by atoms with E-state index in [1.807, 2.05) is 30.3 Å². The topological polar surface area (TPSA) is 105 Å². The molecule has 0 bridgehead atoms. The highest BCUT2D eigenvalue weighted by Crippen LogP contribution is 2.31. The first-order chi connectivity index (χ1) is 15.0. The molecule has 156 valence electrons. The quantitative estimate of drug-likeness (QED) is 0.517. The van der Waals surface area contributed by atoms with Crippen molar-refractivity contribution in [3.05, 3.63) is 87.4 Å². The number of carbonyl (C=O) groups is 1. The molecule has 1 aliphatic heterocycles. The Morgan fingerprint density at radius 2 is 2.03 bits per heavy atom. The van der Waals surface area contributed by atoms with E-state index < -0.39 is 11.7 Å². The van der Waals surface area contributed by atoms with Crippen LogP contribution in [0.1, 0.15) is 33.7 Å². The SMILES string of the molecule is NC(=O)c1ncc(Oc2ccc(-n3nc4n(c3=O)[C@H](c3ccccc3)CC4)cc2F)s1. The number of aromatic nitrogens is 4. The fraction of sp³-hybridized carbons (Fsp3) is 0.143. The molecule has 2 N–H and O–H groups in total. The number of benzene rings is 2. The van der Waals surface area contributed by atoms with Gasteiger partial charge in [-0.25, -0.2) is 14.2 Å². The summed E-state index contributed by atoms with van der Waals surface area (Å²) in [7, 11) is 0. The minimum atomic E-state index is -0.684. The summed E-state index contributed by atoms with van der Waals surface area (Å²) in [5.74, 6) is -0.753. The number of primary amides is 1. The van der Waals surface area contributed by atoms with Crippen LogP contribution in [-0.2, 0) is 6.42 Å². The average molecular weight is 437 g/mol. The van der Waals surface area contributed by atoms with Crippen LogP contribution in [0, 0.1) is 5.82 Å². The molecule has 0 unspecified atom stereocenters. The highest BCUT2D eigenvalue weighted by Gasteiger charge is 2.29. The number of nitrogens with zero attached hydrogens (tertiary/aromatic N) is 4. The Bertz CT molecular complexity index is 1340. The number of carbonyl (C=O) groups excluding carboxylic acids is 1. The van der Waals surface area contributed by atoms with Gasteiger partial charge in [-0.1, -0.05) is 41.7 Å². The van der Waals surface area contributed by atoms with Gasteiger partial charge in [0.1, 0.15) is 5.82 Å². The van der Waals surface area contributed by atoms with Crippen LogP contribution in [-0.4, -0.2) is 25.2 Å². The van der Waals surface area contributed by atoms with Gasteiger partial charge in [-0.05, 0) is 24.1 Å². The van der Waals surface area contributed by atoms with Crippen molar-refractivity contribution in [2.24, 2.45) is 5.73 Å². The summed E-state index contributed by atoms with van der Waals surface area (Å²) in [6.45, 7) is 0. The number of amides is 1. The number of nitrogens with two attached hydrogens (primary N) is 1. The van der Waals surface area contributed by atoms with Gasteiger partial charge in [-0.15, -0.1) is 5.10 Å². The Balaban J connectivity index is 1.45. The average Bonchev–Trinajstić information content (AvgIpc) is 3.47. The van der Waals surface area contributed by atoms with E-state index in [1.165, 1.54) is 23.0 Å². The van der Waals surface area contributed by atoms with Crippen LogP contribution >= 0.6 is 11.3 Å². The third kappa shape index (κ3) is 3.40. The molecule has 2 aromatic carbocycles. The van der Waals surface area contributed by atoms with Gasteiger partial charge >= 0.3 is 5.69 Å². The fourth-order valence-electron chi connectivity index (χ4n) is 3.69. The molecule has 10 heteroatoms. The lowest BCUT2D eigenvalue weighted by atomic mass is 10.1. The Morgan fingerprint density at radius 1 is 1.23 bits per heavy atom. The number of hydrogen-bond acceptors (Lipinski definition) is 6. The van der Waals surface area contributed by atoms with E-state index in [2.05, 4.69) is 10.1 Å². The summed E-state index contributed by atoms with van der Waals surface area (Å²) >= 11 is 0.916. The van der Waals surface area contributed by atoms with Crippen LogP contribution in [0.3, 0.4) is 0 Å². The lowest BCUT2D eigenvalue weighted by Crippen LogP contribution is -2.26. The first kappa shape index (κ1) is 19.2. The van der Waals surface area contributed by atoms with Crippen molar-refractivity contribution in [1.82, 2.24) is 19.3 Å². The van der Waals surface area contributed by atoms with Crippen molar-refractivity contribution < 1.29 is 13.9 Å². The van der Waals surface area contributed by atoms with Crippen LogP contribution in [0.5, 0.6) is 10.8 Å². The summed E-state index contributed by atoms with van der Waals surface area (Å²) < 4.78 is 23.0. The zero-order chi connectivity index (χ0) is 21.5. The molecule has 31 heavy (non-hydrogen) atoms. The van der Waals surface area contributed by atoms with E-state index in [9.17, 15) is 14.0 Å². The van der Waals surface area contributed by atoms with Gasteiger partial charge in [0, 0.05) is 12.5 Å². The smallest absolute Gasteiger partial charge is 0.351 e. The molecule has 8 nitrogen and oxygen atoms in total. The predicted molar refractivity (Wildman–Crippen MR) is 111 cm³/mol. The molecule has 0 radical (unpaired) electrons. The van der Waals surface area contributed by atoms with E-state index >= 15 is 0 Å². The minimum absolute atomic E-state index is 0.0645. The van der Waals surface area contributed by atoms with Gasteiger partial charge in [-0.2, -0.15) is 4.68 Å². The van der Waals surface area contributed by atoms with Crippen molar-refractivity contribution in [1.29, 1.82) is 0 Å². The molecule has 0 spiro atoms. The molecule has 0 aliphatic carbocycles. The van der Waals surface area contributed by atoms with E-state index in [0.717, 1.165) is 23.3 Å². The van der Waals surface area contributed by atoms with Crippen molar-refractivity contribution >= 4 is 17.2 Å². The standard InChI is InChI=1S/C21H16FN5O3S/c22-14-10-13(6-8-16(14)30-18-11-24-20(31-18)19(23)28)27-21(29)26-15(7-9-17(26)25-27)12-4-2-1-3-5-12/h1-6,8,10-11,15H,7,9H2,(H2,23,28)/t15-/m0/s1. The lowest BCUT2D eigenvalue weighted by Gasteiger charge is -2.12. The monoisotopic (exact) mass is 437 g/mol. The van der Waals surface area contributed by atoms with Crippen molar-refractivity contribution in [2.45, 2.75) is 18.9 Å². The summed E-state index contributed by atoms with van der Waals surface area (Å²) in [5, 5.41) is 4.71. The van der Waals surface area contributed by atoms with E-state index in [-0.39, 0.29) is 27.6 Å².